The summed E-state index contributed by atoms with van der Waals surface area (Å²) in [5.74, 6) is -0.911. The van der Waals surface area contributed by atoms with Gasteiger partial charge in [-0.05, 0) is 24.1 Å². The summed E-state index contributed by atoms with van der Waals surface area (Å²) >= 11 is 0. The quantitative estimate of drug-likeness (QED) is 0.895. The number of carbonyl (C=O) groups is 1. The third kappa shape index (κ3) is 2.82. The standard InChI is InChI=1S/C14H16N2O3/c1-10-12(4-3-5-13(10)14(17)18)11-8-15-16(9-11)6-7-19-2/h3-5,8-9H,6-7H2,1-2H3,(H,17,18). The molecule has 0 amide bonds. The first-order valence-corrected chi connectivity index (χ1v) is 5.98. The van der Waals surface area contributed by atoms with Crippen LogP contribution in [0.5, 0.6) is 0 Å². The van der Waals surface area contributed by atoms with E-state index in [2.05, 4.69) is 5.10 Å². The third-order valence-electron chi connectivity index (χ3n) is 3.03. The molecule has 5 heteroatoms. The van der Waals surface area contributed by atoms with Crippen LogP contribution in [0.1, 0.15) is 15.9 Å². The summed E-state index contributed by atoms with van der Waals surface area (Å²) in [6, 6.07) is 5.26. The lowest BCUT2D eigenvalue weighted by atomic mass is 9.99. The second kappa shape index (κ2) is 5.67. The first-order valence-electron chi connectivity index (χ1n) is 5.98. The van der Waals surface area contributed by atoms with Gasteiger partial charge >= 0.3 is 5.97 Å². The molecule has 0 aliphatic carbocycles. The summed E-state index contributed by atoms with van der Waals surface area (Å²) < 4.78 is 6.78. The van der Waals surface area contributed by atoms with Crippen molar-refractivity contribution in [3.05, 3.63) is 41.7 Å². The molecule has 100 valence electrons. The van der Waals surface area contributed by atoms with Gasteiger partial charge in [-0.25, -0.2) is 4.79 Å². The molecule has 2 rings (SSSR count). The van der Waals surface area contributed by atoms with E-state index >= 15 is 0 Å². The number of rotatable bonds is 5. The maximum atomic E-state index is 11.1. The lowest BCUT2D eigenvalue weighted by Gasteiger charge is -2.06. The van der Waals surface area contributed by atoms with Crippen molar-refractivity contribution in [2.24, 2.45) is 0 Å². The molecule has 0 fully saturated rings. The highest BCUT2D eigenvalue weighted by Gasteiger charge is 2.12. The summed E-state index contributed by atoms with van der Waals surface area (Å²) in [7, 11) is 1.64. The van der Waals surface area contributed by atoms with Gasteiger partial charge in [0.25, 0.3) is 0 Å². The molecule has 1 aromatic carbocycles. The molecular formula is C14H16N2O3. The highest BCUT2D eigenvalue weighted by Crippen LogP contribution is 2.25. The Bertz CT molecular complexity index is 590. The maximum Gasteiger partial charge on any atom is 0.335 e. The van der Waals surface area contributed by atoms with Gasteiger partial charge in [0.2, 0.25) is 0 Å². The highest BCUT2D eigenvalue weighted by atomic mass is 16.5. The highest BCUT2D eigenvalue weighted by molar-refractivity contribution is 5.91. The maximum absolute atomic E-state index is 11.1. The number of carboxylic acid groups (broad SMARTS) is 1. The first-order chi connectivity index (χ1) is 9.13. The minimum Gasteiger partial charge on any atom is -0.478 e. The molecule has 0 unspecified atom stereocenters. The van der Waals surface area contributed by atoms with Gasteiger partial charge in [0.1, 0.15) is 0 Å². The number of carboxylic acids is 1. The summed E-state index contributed by atoms with van der Waals surface area (Å²) in [4.78, 5) is 11.1. The Kier molecular flexibility index (Phi) is 3.97. The number of benzene rings is 1. The van der Waals surface area contributed by atoms with Crippen LogP contribution in [0, 0.1) is 6.92 Å². The summed E-state index contributed by atoms with van der Waals surface area (Å²) in [6.45, 7) is 3.08. The molecule has 1 aromatic heterocycles. The molecule has 0 spiro atoms. The van der Waals surface area contributed by atoms with Crippen molar-refractivity contribution in [2.75, 3.05) is 13.7 Å². The topological polar surface area (TPSA) is 64.3 Å². The van der Waals surface area contributed by atoms with Gasteiger partial charge < -0.3 is 9.84 Å². The van der Waals surface area contributed by atoms with E-state index in [0.717, 1.165) is 16.7 Å². The Hall–Kier alpha value is -2.14. The summed E-state index contributed by atoms with van der Waals surface area (Å²) in [5, 5.41) is 13.4. The van der Waals surface area contributed by atoms with Crippen LogP contribution in [0.2, 0.25) is 0 Å². The van der Waals surface area contributed by atoms with Crippen LogP contribution in [0.4, 0.5) is 0 Å². The van der Waals surface area contributed by atoms with Crippen molar-refractivity contribution >= 4 is 5.97 Å². The Balaban J connectivity index is 2.34. The number of hydrogen-bond donors (Lipinski definition) is 1. The van der Waals surface area contributed by atoms with Gasteiger partial charge in [-0.1, -0.05) is 12.1 Å². The summed E-state index contributed by atoms with van der Waals surface area (Å²) in [6.07, 6.45) is 3.64. The van der Waals surface area contributed by atoms with Crippen LogP contribution in [0.3, 0.4) is 0 Å². The Morgan fingerprint density at radius 2 is 2.26 bits per heavy atom. The van der Waals surface area contributed by atoms with Crippen LogP contribution in [0.15, 0.2) is 30.6 Å². The fraction of sp³-hybridized carbons (Fsp3) is 0.286. The molecule has 1 heterocycles. The van der Waals surface area contributed by atoms with Gasteiger partial charge in [-0.2, -0.15) is 5.10 Å². The van der Waals surface area contributed by atoms with Gasteiger partial charge in [-0.15, -0.1) is 0 Å². The van der Waals surface area contributed by atoms with E-state index in [0.29, 0.717) is 18.7 Å². The Morgan fingerprint density at radius 3 is 2.95 bits per heavy atom. The molecule has 5 nitrogen and oxygen atoms in total. The van der Waals surface area contributed by atoms with Crippen LogP contribution >= 0.6 is 0 Å². The molecule has 0 radical (unpaired) electrons. The van der Waals surface area contributed by atoms with E-state index in [1.165, 1.54) is 0 Å². The third-order valence-corrected chi connectivity index (χ3v) is 3.03. The van der Waals surface area contributed by atoms with Crippen molar-refractivity contribution in [3.63, 3.8) is 0 Å². The first kappa shape index (κ1) is 13.3. The molecular weight excluding hydrogens is 244 g/mol. The Morgan fingerprint density at radius 1 is 1.47 bits per heavy atom. The second-order valence-corrected chi connectivity index (χ2v) is 4.27. The minimum absolute atomic E-state index is 0.321. The lowest BCUT2D eigenvalue weighted by Crippen LogP contribution is -2.04. The summed E-state index contributed by atoms with van der Waals surface area (Å²) in [5.41, 5.74) is 2.88. The molecule has 0 saturated heterocycles. The van der Waals surface area contributed by atoms with Gasteiger partial charge in [0.05, 0.1) is 24.9 Å². The van der Waals surface area contributed by atoms with Crippen LogP contribution in [-0.4, -0.2) is 34.6 Å². The van der Waals surface area contributed by atoms with E-state index in [1.54, 1.807) is 30.1 Å². The van der Waals surface area contributed by atoms with Crippen molar-refractivity contribution in [1.29, 1.82) is 0 Å². The molecule has 1 N–H and O–H groups in total. The SMILES string of the molecule is COCCn1cc(-c2cccc(C(=O)O)c2C)cn1. The fourth-order valence-corrected chi connectivity index (χ4v) is 1.99. The number of aromatic carboxylic acids is 1. The zero-order valence-corrected chi connectivity index (χ0v) is 11.0. The second-order valence-electron chi connectivity index (χ2n) is 4.27. The Labute approximate surface area is 111 Å². The average molecular weight is 260 g/mol. The molecule has 19 heavy (non-hydrogen) atoms. The molecule has 0 atom stereocenters. The van der Waals surface area contributed by atoms with E-state index in [9.17, 15) is 4.79 Å². The van der Waals surface area contributed by atoms with E-state index in [1.807, 2.05) is 19.2 Å². The van der Waals surface area contributed by atoms with E-state index < -0.39 is 5.97 Å². The van der Waals surface area contributed by atoms with Crippen LogP contribution in [0.25, 0.3) is 11.1 Å². The number of methoxy groups -OCH3 is 1. The zero-order valence-electron chi connectivity index (χ0n) is 11.0. The zero-order chi connectivity index (χ0) is 13.8. The van der Waals surface area contributed by atoms with Gasteiger partial charge in [0.15, 0.2) is 0 Å². The molecule has 0 saturated carbocycles. The molecule has 0 bridgehead atoms. The average Bonchev–Trinajstić information content (AvgIpc) is 2.84. The predicted octanol–water partition coefficient (Wildman–Crippen LogP) is 2.20. The normalized spacial score (nSPS) is 10.6. The van der Waals surface area contributed by atoms with Crippen LogP contribution < -0.4 is 0 Å². The van der Waals surface area contributed by atoms with Crippen LogP contribution in [-0.2, 0) is 11.3 Å². The molecule has 2 aromatic rings. The number of nitrogens with zero attached hydrogens (tertiary/aromatic N) is 2. The van der Waals surface area contributed by atoms with E-state index in [-0.39, 0.29) is 0 Å². The lowest BCUT2D eigenvalue weighted by molar-refractivity contribution is 0.0696. The monoisotopic (exact) mass is 260 g/mol. The predicted molar refractivity (Wildman–Crippen MR) is 71.2 cm³/mol. The largest absolute Gasteiger partial charge is 0.478 e. The van der Waals surface area contributed by atoms with Gasteiger partial charge in [-0.3, -0.25) is 4.68 Å². The van der Waals surface area contributed by atoms with Crippen molar-refractivity contribution in [1.82, 2.24) is 9.78 Å². The smallest absolute Gasteiger partial charge is 0.335 e. The minimum atomic E-state index is -0.911. The molecule has 0 aliphatic rings. The van der Waals surface area contributed by atoms with E-state index in [4.69, 9.17) is 9.84 Å². The fourth-order valence-electron chi connectivity index (χ4n) is 1.99. The van der Waals surface area contributed by atoms with Crippen molar-refractivity contribution in [3.8, 4) is 11.1 Å². The van der Waals surface area contributed by atoms with Crippen molar-refractivity contribution in [2.45, 2.75) is 13.5 Å². The molecule has 0 aliphatic heterocycles. The van der Waals surface area contributed by atoms with Crippen molar-refractivity contribution < 1.29 is 14.6 Å². The van der Waals surface area contributed by atoms with Gasteiger partial charge in [0, 0.05) is 18.9 Å². The number of aromatic nitrogens is 2. The number of hydrogen-bond acceptors (Lipinski definition) is 3. The number of ether oxygens (including phenoxy) is 1.